The van der Waals surface area contributed by atoms with E-state index in [-0.39, 0.29) is 11.6 Å². The van der Waals surface area contributed by atoms with Gasteiger partial charge in [-0.25, -0.2) is 4.98 Å². The molecule has 1 aromatic carbocycles. The Bertz CT molecular complexity index is 807. The molecule has 0 radical (unpaired) electrons. The number of carbonyl (C=O) groups is 1. The Labute approximate surface area is 131 Å². The number of benzene rings is 1. The molecule has 3 aromatic rings. The molecule has 0 spiro atoms. The van der Waals surface area contributed by atoms with Gasteiger partial charge in [0.2, 0.25) is 5.76 Å². The Hall–Kier alpha value is -2.47. The maximum absolute atomic E-state index is 12.4. The zero-order valence-electron chi connectivity index (χ0n) is 12.1. The molecule has 0 aliphatic rings. The second-order valence-corrected chi connectivity index (χ2v) is 5.51. The molecule has 6 heteroatoms. The molecule has 0 atom stereocenters. The van der Waals surface area contributed by atoms with Crippen molar-refractivity contribution in [1.29, 1.82) is 0 Å². The minimum atomic E-state index is -0.337. The lowest BCUT2D eigenvalue weighted by atomic mass is 10.2. The summed E-state index contributed by atoms with van der Waals surface area (Å²) in [5, 5.41) is 2.82. The number of rotatable bonds is 4. The minimum absolute atomic E-state index is 0.198. The third kappa shape index (κ3) is 2.92. The molecule has 1 N–H and O–H groups in total. The fraction of sp³-hybridized carbons (Fsp3) is 0.125. The van der Waals surface area contributed by atoms with E-state index >= 15 is 0 Å². The summed E-state index contributed by atoms with van der Waals surface area (Å²) in [6, 6.07) is 11.2. The number of furan rings is 1. The van der Waals surface area contributed by atoms with Gasteiger partial charge in [-0.3, -0.25) is 4.79 Å². The normalized spacial score (nSPS) is 10.6. The van der Waals surface area contributed by atoms with Crippen LogP contribution in [0.2, 0.25) is 0 Å². The van der Waals surface area contributed by atoms with E-state index in [1.165, 1.54) is 6.39 Å². The van der Waals surface area contributed by atoms with Crippen molar-refractivity contribution < 1.29 is 13.6 Å². The number of carbonyl (C=O) groups excluding carboxylic acids is 1. The predicted molar refractivity (Wildman–Crippen MR) is 85.1 cm³/mol. The second-order valence-electron chi connectivity index (χ2n) is 4.63. The average molecular weight is 314 g/mol. The lowest BCUT2D eigenvalue weighted by Crippen LogP contribution is -2.13. The largest absolute Gasteiger partial charge is 0.458 e. The summed E-state index contributed by atoms with van der Waals surface area (Å²) in [5.41, 5.74) is 0.908. The number of hydrogen-bond acceptors (Lipinski definition) is 5. The van der Waals surface area contributed by atoms with Crippen LogP contribution < -0.4 is 5.32 Å². The van der Waals surface area contributed by atoms with Crippen LogP contribution in [0, 0.1) is 6.92 Å². The number of aryl methyl sites for hydroxylation is 1. The first-order chi connectivity index (χ1) is 10.7. The highest BCUT2D eigenvalue weighted by molar-refractivity contribution is 7.98. The molecule has 0 fully saturated rings. The van der Waals surface area contributed by atoms with Gasteiger partial charge in [0.05, 0.1) is 0 Å². The highest BCUT2D eigenvalue weighted by Gasteiger charge is 2.20. The Morgan fingerprint density at radius 1 is 1.27 bits per heavy atom. The zero-order valence-corrected chi connectivity index (χ0v) is 12.9. The van der Waals surface area contributed by atoms with E-state index in [1.807, 2.05) is 43.5 Å². The van der Waals surface area contributed by atoms with Crippen molar-refractivity contribution in [3.05, 3.63) is 54.2 Å². The van der Waals surface area contributed by atoms with Crippen LogP contribution in [-0.2, 0) is 0 Å². The summed E-state index contributed by atoms with van der Waals surface area (Å²) < 4.78 is 10.8. The van der Waals surface area contributed by atoms with Crippen LogP contribution >= 0.6 is 11.8 Å². The van der Waals surface area contributed by atoms with Crippen molar-refractivity contribution in [2.45, 2.75) is 11.8 Å². The first-order valence-electron chi connectivity index (χ1n) is 6.63. The fourth-order valence-corrected chi connectivity index (χ4v) is 2.49. The van der Waals surface area contributed by atoms with Crippen molar-refractivity contribution in [3.8, 4) is 11.5 Å². The van der Waals surface area contributed by atoms with Crippen molar-refractivity contribution in [2.75, 3.05) is 11.6 Å². The summed E-state index contributed by atoms with van der Waals surface area (Å²) in [6.07, 6.45) is 3.22. The van der Waals surface area contributed by atoms with Crippen LogP contribution in [0.25, 0.3) is 11.5 Å². The highest BCUT2D eigenvalue weighted by atomic mass is 32.2. The van der Waals surface area contributed by atoms with E-state index < -0.39 is 0 Å². The highest BCUT2D eigenvalue weighted by Crippen LogP contribution is 2.26. The van der Waals surface area contributed by atoms with Crippen LogP contribution in [0.1, 0.15) is 16.2 Å². The first kappa shape index (κ1) is 14.5. The number of nitrogens with zero attached hydrogens (tertiary/aromatic N) is 1. The van der Waals surface area contributed by atoms with E-state index in [0.717, 1.165) is 10.7 Å². The molecular weight excluding hydrogens is 300 g/mol. The summed E-state index contributed by atoms with van der Waals surface area (Å²) >= 11 is 1.61. The molecule has 112 valence electrons. The Morgan fingerprint density at radius 3 is 2.86 bits per heavy atom. The molecule has 0 aliphatic carbocycles. The number of hydrogen-bond donors (Lipinski definition) is 1. The van der Waals surface area contributed by atoms with E-state index in [2.05, 4.69) is 10.3 Å². The lowest BCUT2D eigenvalue weighted by Gasteiger charge is -2.05. The van der Waals surface area contributed by atoms with Gasteiger partial charge in [-0.1, -0.05) is 6.07 Å². The monoisotopic (exact) mass is 314 g/mol. The average Bonchev–Trinajstić information content (AvgIpc) is 3.15. The number of nitrogens with one attached hydrogen (secondary N) is 1. The van der Waals surface area contributed by atoms with E-state index in [1.54, 1.807) is 17.8 Å². The van der Waals surface area contributed by atoms with E-state index in [4.69, 9.17) is 8.83 Å². The number of amides is 1. The molecular formula is C16H14N2O3S. The van der Waals surface area contributed by atoms with Crippen molar-refractivity contribution in [3.63, 3.8) is 0 Å². The molecule has 0 unspecified atom stereocenters. The smallest absolute Gasteiger partial charge is 0.278 e. The van der Waals surface area contributed by atoms with E-state index in [9.17, 15) is 4.79 Å². The van der Waals surface area contributed by atoms with Crippen molar-refractivity contribution >= 4 is 23.4 Å². The van der Waals surface area contributed by atoms with Crippen LogP contribution in [-0.4, -0.2) is 17.1 Å². The number of oxazole rings is 1. The van der Waals surface area contributed by atoms with Gasteiger partial charge in [-0.05, 0) is 43.5 Å². The van der Waals surface area contributed by atoms with Crippen LogP contribution in [0.15, 0.2) is 56.5 Å². The summed E-state index contributed by atoms with van der Waals surface area (Å²) in [6.45, 7) is 1.83. The SMILES string of the molecule is CSc1cccc(NC(=O)c2ncoc2-c2ccc(C)o2)c1. The summed E-state index contributed by atoms with van der Waals surface area (Å²) in [7, 11) is 0. The van der Waals surface area contributed by atoms with Gasteiger partial charge < -0.3 is 14.2 Å². The minimum Gasteiger partial charge on any atom is -0.458 e. The summed E-state index contributed by atoms with van der Waals surface area (Å²) in [4.78, 5) is 17.5. The number of aromatic nitrogens is 1. The maximum atomic E-state index is 12.4. The lowest BCUT2D eigenvalue weighted by molar-refractivity contribution is 0.102. The zero-order chi connectivity index (χ0) is 15.5. The van der Waals surface area contributed by atoms with Crippen LogP contribution in [0.5, 0.6) is 0 Å². The Balaban J connectivity index is 1.85. The Morgan fingerprint density at radius 2 is 2.14 bits per heavy atom. The maximum Gasteiger partial charge on any atom is 0.278 e. The molecule has 5 nitrogen and oxygen atoms in total. The quantitative estimate of drug-likeness (QED) is 0.730. The van der Waals surface area contributed by atoms with Gasteiger partial charge in [-0.15, -0.1) is 11.8 Å². The van der Waals surface area contributed by atoms with Crippen molar-refractivity contribution in [2.24, 2.45) is 0 Å². The third-order valence-corrected chi connectivity index (χ3v) is 3.80. The van der Waals surface area contributed by atoms with Crippen LogP contribution in [0.3, 0.4) is 0 Å². The topological polar surface area (TPSA) is 68.3 Å². The van der Waals surface area contributed by atoms with Gasteiger partial charge in [0.1, 0.15) is 5.76 Å². The standard InChI is InChI=1S/C16H14N2O3S/c1-10-6-7-13(21-10)15-14(17-9-20-15)16(19)18-11-4-3-5-12(8-11)22-2/h3-9H,1-2H3,(H,18,19). The molecule has 2 heterocycles. The van der Waals surface area contributed by atoms with E-state index in [0.29, 0.717) is 17.2 Å². The molecule has 3 rings (SSSR count). The Kier molecular flexibility index (Phi) is 4.02. The van der Waals surface area contributed by atoms with Gasteiger partial charge in [-0.2, -0.15) is 0 Å². The van der Waals surface area contributed by atoms with Crippen LogP contribution in [0.4, 0.5) is 5.69 Å². The first-order valence-corrected chi connectivity index (χ1v) is 7.85. The third-order valence-electron chi connectivity index (χ3n) is 3.07. The molecule has 0 bridgehead atoms. The number of anilines is 1. The van der Waals surface area contributed by atoms with Crippen molar-refractivity contribution in [1.82, 2.24) is 4.98 Å². The summed E-state index contributed by atoms with van der Waals surface area (Å²) in [5.74, 6) is 1.21. The molecule has 0 saturated carbocycles. The number of thioether (sulfide) groups is 1. The van der Waals surface area contributed by atoms with Gasteiger partial charge in [0.25, 0.3) is 5.91 Å². The molecule has 2 aromatic heterocycles. The molecule has 1 amide bonds. The molecule has 0 aliphatic heterocycles. The second kappa shape index (κ2) is 6.11. The molecule has 22 heavy (non-hydrogen) atoms. The fourth-order valence-electron chi connectivity index (χ4n) is 2.03. The van der Waals surface area contributed by atoms with Gasteiger partial charge in [0, 0.05) is 10.6 Å². The molecule has 0 saturated heterocycles. The van der Waals surface area contributed by atoms with Gasteiger partial charge >= 0.3 is 0 Å². The predicted octanol–water partition coefficient (Wildman–Crippen LogP) is 4.22. The van der Waals surface area contributed by atoms with Gasteiger partial charge in [0.15, 0.2) is 17.8 Å².